The van der Waals surface area contributed by atoms with Gasteiger partial charge in [-0.25, -0.2) is 8.78 Å². The quantitative estimate of drug-likeness (QED) is 0.209. The summed E-state index contributed by atoms with van der Waals surface area (Å²) in [6, 6.07) is 24.3. The van der Waals surface area contributed by atoms with Gasteiger partial charge in [-0.2, -0.15) is 0 Å². The van der Waals surface area contributed by atoms with Crippen LogP contribution in [0.25, 0.3) is 11.1 Å². The number of hydrogen-bond acceptors (Lipinski definition) is 6. The van der Waals surface area contributed by atoms with Gasteiger partial charge in [-0.3, -0.25) is 9.80 Å². The van der Waals surface area contributed by atoms with E-state index in [4.69, 9.17) is 14.2 Å². The monoisotopic (exact) mass is 700 g/mol. The number of likely N-dealkylation sites (tertiary alicyclic amines) is 2. The Balaban J connectivity index is 0.000000170. The van der Waals surface area contributed by atoms with E-state index in [1.54, 1.807) is 37.4 Å². The number of phenolic OH excluding ortho intramolecular Hbond substituents is 1. The fraction of sp³-hybridized carbons (Fsp3) is 0.317. The van der Waals surface area contributed by atoms with Gasteiger partial charge in [0.05, 0.1) is 7.11 Å². The van der Waals surface area contributed by atoms with Crippen molar-refractivity contribution in [1.29, 1.82) is 0 Å². The Labute approximate surface area is 299 Å². The van der Waals surface area contributed by atoms with Crippen molar-refractivity contribution >= 4 is 23.6 Å². The van der Waals surface area contributed by atoms with Crippen molar-refractivity contribution in [2.24, 2.45) is 0 Å². The highest BCUT2D eigenvalue weighted by Gasteiger charge is 2.26. The topological polar surface area (TPSA) is 54.4 Å². The Kier molecular flexibility index (Phi) is 11.4. The summed E-state index contributed by atoms with van der Waals surface area (Å²) < 4.78 is 44.1. The molecule has 0 aliphatic carbocycles. The number of methoxy groups -OCH3 is 1. The van der Waals surface area contributed by atoms with Crippen molar-refractivity contribution in [1.82, 2.24) is 9.80 Å². The van der Waals surface area contributed by atoms with Gasteiger partial charge >= 0.3 is 0 Å². The fourth-order valence-electron chi connectivity index (χ4n) is 7.27. The molecule has 6 nitrogen and oxygen atoms in total. The van der Waals surface area contributed by atoms with E-state index in [2.05, 4.69) is 9.80 Å². The second-order valence-corrected chi connectivity index (χ2v) is 13.1. The number of ether oxygens (including phenoxy) is 3. The van der Waals surface area contributed by atoms with E-state index in [-0.39, 0.29) is 29.8 Å². The molecule has 0 aromatic heterocycles. The van der Waals surface area contributed by atoms with Gasteiger partial charge in [0.1, 0.15) is 47.8 Å². The largest absolute Gasteiger partial charge is 0.508 e. The van der Waals surface area contributed by atoms with E-state index < -0.39 is 0 Å². The molecule has 2 fully saturated rings. The molecule has 4 aliphatic rings. The SMILES string of the molecule is COc1ccc2c(c1)C(c1ccc(F)cc1)=C(CN1CCCC1)CO2.Cl.Oc1ccc2c(c1)C(c1ccc(F)cc1)=C(CN1CCCC1)CO2. The first-order chi connectivity index (χ1) is 23.9. The summed E-state index contributed by atoms with van der Waals surface area (Å²) in [5, 5.41) is 9.92. The summed E-state index contributed by atoms with van der Waals surface area (Å²) in [5.41, 5.74) is 8.50. The number of aromatic hydroxyl groups is 1. The van der Waals surface area contributed by atoms with Gasteiger partial charge in [0.25, 0.3) is 0 Å². The molecule has 8 rings (SSSR count). The van der Waals surface area contributed by atoms with Crippen LogP contribution in [0.1, 0.15) is 47.9 Å². The Morgan fingerprint density at radius 3 is 1.52 bits per heavy atom. The van der Waals surface area contributed by atoms with Crippen LogP contribution in [0.15, 0.2) is 96.1 Å². The summed E-state index contributed by atoms with van der Waals surface area (Å²) in [6.45, 7) is 7.31. The van der Waals surface area contributed by atoms with Crippen molar-refractivity contribution in [3.8, 4) is 23.0 Å². The maximum absolute atomic E-state index is 13.4. The lowest BCUT2D eigenvalue weighted by Crippen LogP contribution is -2.26. The van der Waals surface area contributed by atoms with Crippen LogP contribution in [0.3, 0.4) is 0 Å². The zero-order valence-electron chi connectivity index (χ0n) is 28.3. The first-order valence-corrected chi connectivity index (χ1v) is 17.1. The minimum Gasteiger partial charge on any atom is -0.508 e. The van der Waals surface area contributed by atoms with Crippen LogP contribution in [0.5, 0.6) is 23.0 Å². The second-order valence-electron chi connectivity index (χ2n) is 13.1. The normalized spacial score (nSPS) is 17.2. The van der Waals surface area contributed by atoms with E-state index in [0.29, 0.717) is 13.2 Å². The van der Waals surface area contributed by atoms with Crippen molar-refractivity contribution in [3.63, 3.8) is 0 Å². The molecule has 4 aromatic carbocycles. The molecule has 50 heavy (non-hydrogen) atoms. The molecular formula is C41H43ClF2N2O4. The maximum Gasteiger partial charge on any atom is 0.127 e. The minimum absolute atomic E-state index is 0. The molecule has 9 heteroatoms. The number of phenols is 1. The minimum atomic E-state index is -0.247. The molecule has 0 amide bonds. The van der Waals surface area contributed by atoms with Crippen LogP contribution in [-0.2, 0) is 0 Å². The fourth-order valence-corrected chi connectivity index (χ4v) is 7.27. The number of rotatable bonds is 7. The molecule has 1 N–H and O–H groups in total. The first-order valence-electron chi connectivity index (χ1n) is 17.1. The van der Waals surface area contributed by atoms with Crippen LogP contribution in [0, 0.1) is 11.6 Å². The summed E-state index contributed by atoms with van der Waals surface area (Å²) >= 11 is 0. The van der Waals surface area contributed by atoms with E-state index in [1.165, 1.54) is 61.1 Å². The van der Waals surface area contributed by atoms with Crippen molar-refractivity contribution < 1.29 is 28.1 Å². The van der Waals surface area contributed by atoms with Crippen LogP contribution in [0.2, 0.25) is 0 Å². The van der Waals surface area contributed by atoms with E-state index in [1.807, 2.05) is 30.3 Å². The zero-order chi connectivity index (χ0) is 33.7. The Morgan fingerprint density at radius 1 is 0.620 bits per heavy atom. The predicted molar refractivity (Wildman–Crippen MR) is 196 cm³/mol. The number of nitrogens with zero attached hydrogens (tertiary/aromatic N) is 2. The summed E-state index contributed by atoms with van der Waals surface area (Å²) in [7, 11) is 1.66. The standard InChI is InChI=1S/C21H22FNO2.C20H20FNO2.ClH/c1-24-18-8-9-20-19(12-18)21(15-4-6-17(22)7-5-15)16(14-25-20)13-23-10-2-3-11-23;21-16-5-3-14(4-6-16)20-15(12-22-9-1-2-10-22)13-24-19-8-7-17(23)11-18(19)20;/h4-9,12H,2-3,10-11,13-14H2,1H3;3-8,11,23H,1-2,9-10,12-13H2;1H. The molecule has 2 saturated heterocycles. The van der Waals surface area contributed by atoms with Crippen LogP contribution in [-0.4, -0.2) is 74.5 Å². The molecule has 4 aromatic rings. The average Bonchev–Trinajstić information content (AvgIpc) is 3.84. The molecule has 4 aliphatic heterocycles. The van der Waals surface area contributed by atoms with E-state index in [0.717, 1.165) is 89.9 Å². The third kappa shape index (κ3) is 7.99. The van der Waals surface area contributed by atoms with Gasteiger partial charge in [0.15, 0.2) is 0 Å². The van der Waals surface area contributed by atoms with Crippen molar-refractivity contribution in [2.45, 2.75) is 25.7 Å². The van der Waals surface area contributed by atoms with Gasteiger partial charge in [-0.15, -0.1) is 12.4 Å². The predicted octanol–water partition coefficient (Wildman–Crippen LogP) is 8.37. The molecular weight excluding hydrogens is 658 g/mol. The number of halogens is 3. The van der Waals surface area contributed by atoms with E-state index >= 15 is 0 Å². The zero-order valence-corrected chi connectivity index (χ0v) is 29.1. The lowest BCUT2D eigenvalue weighted by molar-refractivity contribution is 0.308. The van der Waals surface area contributed by atoms with Crippen molar-refractivity contribution in [3.05, 3.63) is 130 Å². The van der Waals surface area contributed by atoms with Gasteiger partial charge in [-0.1, -0.05) is 24.3 Å². The highest BCUT2D eigenvalue weighted by molar-refractivity contribution is 5.88. The average molecular weight is 701 g/mol. The molecule has 0 saturated carbocycles. The van der Waals surface area contributed by atoms with E-state index in [9.17, 15) is 13.9 Å². The number of hydrogen-bond donors (Lipinski definition) is 1. The highest BCUT2D eigenvalue weighted by Crippen LogP contribution is 2.41. The summed E-state index contributed by atoms with van der Waals surface area (Å²) in [6.07, 6.45) is 4.98. The molecule has 262 valence electrons. The third-order valence-corrected chi connectivity index (χ3v) is 9.69. The van der Waals surface area contributed by atoms with Gasteiger partial charge in [0.2, 0.25) is 0 Å². The Hall–Kier alpha value is -4.37. The molecule has 0 atom stereocenters. The van der Waals surface area contributed by atoms with Crippen LogP contribution in [0.4, 0.5) is 8.78 Å². The summed E-state index contributed by atoms with van der Waals surface area (Å²) in [4.78, 5) is 4.89. The van der Waals surface area contributed by atoms with Crippen LogP contribution >= 0.6 is 12.4 Å². The lowest BCUT2D eigenvalue weighted by Gasteiger charge is -2.27. The molecule has 4 heterocycles. The molecule has 0 unspecified atom stereocenters. The van der Waals surface area contributed by atoms with Gasteiger partial charge < -0.3 is 19.3 Å². The smallest absolute Gasteiger partial charge is 0.127 e. The van der Waals surface area contributed by atoms with Crippen molar-refractivity contribution in [2.75, 3.05) is 59.6 Å². The Morgan fingerprint density at radius 2 is 1.06 bits per heavy atom. The molecule has 0 spiro atoms. The maximum atomic E-state index is 13.4. The summed E-state index contributed by atoms with van der Waals surface area (Å²) in [5.74, 6) is 2.15. The highest BCUT2D eigenvalue weighted by atomic mass is 35.5. The number of benzene rings is 4. The first kappa shape index (κ1) is 35.5. The third-order valence-electron chi connectivity index (χ3n) is 9.69. The van der Waals surface area contributed by atoms with Gasteiger partial charge in [0, 0.05) is 24.2 Å². The molecule has 0 radical (unpaired) electrons. The lowest BCUT2D eigenvalue weighted by atomic mass is 9.90. The van der Waals surface area contributed by atoms with Gasteiger partial charge in [-0.05, 0) is 146 Å². The second kappa shape index (κ2) is 16.1. The van der Waals surface area contributed by atoms with Crippen LogP contribution < -0.4 is 14.2 Å². The molecule has 0 bridgehead atoms. The number of fused-ring (bicyclic) bond motifs is 2. The Bertz CT molecular complexity index is 1850.